The number of phenolic OH excluding ortho intramolecular Hbond substituents is 2. The van der Waals surface area contributed by atoms with Crippen LogP contribution >= 0.6 is 0 Å². The van der Waals surface area contributed by atoms with Crippen LogP contribution in [0.25, 0.3) is 11.1 Å². The van der Waals surface area contributed by atoms with E-state index >= 15 is 0 Å². The number of nitrogens with zero attached hydrogens (tertiary/aromatic N) is 1. The molecule has 0 spiro atoms. The van der Waals surface area contributed by atoms with Crippen molar-refractivity contribution in [2.75, 3.05) is 0 Å². The number of aliphatic hydroxyl groups excluding tert-OH is 1. The van der Waals surface area contributed by atoms with Crippen LogP contribution in [0.5, 0.6) is 17.4 Å². The summed E-state index contributed by atoms with van der Waals surface area (Å²) in [5.41, 5.74) is 2.63. The minimum Gasteiger partial charge on any atom is -0.507 e. The standard InChI is InChI=1S/C22H22F3NO4/c1-11(2)15-9-17(27)12(3)6-16(15)21-18(28)7-14(8-19(21)29)13-4-5-20(26-10-13)30-22(23,24)25/h4-8,10,15-17,27-29H,1,9H2,2-3H3/t15-,16+,17-/m0/s1. The van der Waals surface area contributed by atoms with Gasteiger partial charge in [0.05, 0.1) is 6.10 Å². The Kier molecular flexibility index (Phi) is 5.81. The lowest BCUT2D eigenvalue weighted by Crippen LogP contribution is -2.26. The second-order valence-corrected chi connectivity index (χ2v) is 7.50. The van der Waals surface area contributed by atoms with Crippen LogP contribution in [-0.2, 0) is 0 Å². The molecule has 8 heteroatoms. The Morgan fingerprint density at radius 3 is 2.30 bits per heavy atom. The van der Waals surface area contributed by atoms with Crippen LogP contribution in [0.2, 0.25) is 0 Å². The maximum atomic E-state index is 12.3. The number of phenols is 2. The number of benzene rings is 1. The van der Waals surface area contributed by atoms with Gasteiger partial charge in [0.2, 0.25) is 5.88 Å². The Bertz CT molecular complexity index is 960. The first kappa shape index (κ1) is 21.7. The Morgan fingerprint density at radius 2 is 1.80 bits per heavy atom. The molecule has 5 nitrogen and oxygen atoms in total. The predicted molar refractivity (Wildman–Crippen MR) is 105 cm³/mol. The lowest BCUT2D eigenvalue weighted by atomic mass is 9.72. The van der Waals surface area contributed by atoms with Crippen molar-refractivity contribution in [3.8, 4) is 28.5 Å². The number of alkyl halides is 3. The molecule has 30 heavy (non-hydrogen) atoms. The molecule has 0 unspecified atom stereocenters. The van der Waals surface area contributed by atoms with Gasteiger partial charge in [0, 0.05) is 29.3 Å². The van der Waals surface area contributed by atoms with Crippen LogP contribution in [-0.4, -0.2) is 32.8 Å². The monoisotopic (exact) mass is 421 g/mol. The van der Waals surface area contributed by atoms with E-state index in [1.54, 1.807) is 6.92 Å². The van der Waals surface area contributed by atoms with E-state index in [1.807, 2.05) is 13.0 Å². The molecule has 1 aromatic carbocycles. The zero-order valence-electron chi connectivity index (χ0n) is 16.4. The van der Waals surface area contributed by atoms with Gasteiger partial charge in [-0.1, -0.05) is 18.2 Å². The lowest BCUT2D eigenvalue weighted by Gasteiger charge is -2.34. The topological polar surface area (TPSA) is 82.8 Å². The summed E-state index contributed by atoms with van der Waals surface area (Å²) in [5.74, 6) is -1.50. The number of pyridine rings is 1. The van der Waals surface area contributed by atoms with E-state index in [4.69, 9.17) is 0 Å². The van der Waals surface area contributed by atoms with E-state index in [-0.39, 0.29) is 23.3 Å². The van der Waals surface area contributed by atoms with Crippen molar-refractivity contribution < 1.29 is 33.2 Å². The van der Waals surface area contributed by atoms with Gasteiger partial charge in [-0.15, -0.1) is 13.2 Å². The molecule has 1 heterocycles. The molecule has 3 N–H and O–H groups in total. The SMILES string of the molecule is C=C(C)[C@@H]1C[C@H](O)C(C)=C[C@H]1c1c(O)cc(-c2ccc(OC(F)(F)F)nc2)cc1O. The zero-order valence-corrected chi connectivity index (χ0v) is 16.4. The third-order valence-electron chi connectivity index (χ3n) is 5.27. The highest BCUT2D eigenvalue weighted by atomic mass is 19.4. The summed E-state index contributed by atoms with van der Waals surface area (Å²) in [6, 6.07) is 5.23. The van der Waals surface area contributed by atoms with E-state index in [0.29, 0.717) is 23.1 Å². The lowest BCUT2D eigenvalue weighted by molar-refractivity contribution is -0.276. The van der Waals surface area contributed by atoms with E-state index in [1.165, 1.54) is 18.2 Å². The summed E-state index contributed by atoms with van der Waals surface area (Å²) >= 11 is 0. The number of aromatic nitrogens is 1. The molecule has 0 amide bonds. The molecule has 0 bridgehead atoms. The number of hydrogen-bond donors (Lipinski definition) is 3. The summed E-state index contributed by atoms with van der Waals surface area (Å²) in [6.07, 6.45) is -2.06. The number of halogens is 3. The van der Waals surface area contributed by atoms with Gasteiger partial charge in [-0.05, 0) is 55.5 Å². The minimum atomic E-state index is -4.84. The summed E-state index contributed by atoms with van der Waals surface area (Å²) in [6.45, 7) is 7.58. The maximum absolute atomic E-state index is 12.3. The van der Waals surface area contributed by atoms with Crippen LogP contribution < -0.4 is 4.74 Å². The Hall–Kier alpha value is -3.00. The number of ether oxygens (including phenoxy) is 1. The summed E-state index contributed by atoms with van der Waals surface area (Å²) in [4.78, 5) is 3.61. The fraction of sp³-hybridized carbons (Fsp3) is 0.318. The van der Waals surface area contributed by atoms with Gasteiger partial charge in [-0.2, -0.15) is 0 Å². The van der Waals surface area contributed by atoms with Gasteiger partial charge in [-0.3, -0.25) is 0 Å². The van der Waals surface area contributed by atoms with E-state index in [0.717, 1.165) is 23.4 Å². The molecule has 0 fully saturated rings. The van der Waals surface area contributed by atoms with Gasteiger partial charge < -0.3 is 20.1 Å². The summed E-state index contributed by atoms with van der Waals surface area (Å²) < 4.78 is 40.6. The number of hydrogen-bond acceptors (Lipinski definition) is 5. The predicted octanol–water partition coefficient (Wildman–Crippen LogP) is 5.05. The molecule has 160 valence electrons. The fourth-order valence-corrected chi connectivity index (χ4v) is 3.74. The van der Waals surface area contributed by atoms with Crippen LogP contribution in [0.3, 0.4) is 0 Å². The largest absolute Gasteiger partial charge is 0.574 e. The minimum absolute atomic E-state index is 0.169. The number of aromatic hydroxyl groups is 2. The van der Waals surface area contributed by atoms with Crippen molar-refractivity contribution in [2.24, 2.45) is 5.92 Å². The highest BCUT2D eigenvalue weighted by Crippen LogP contribution is 2.47. The molecule has 2 aromatic rings. The smallest absolute Gasteiger partial charge is 0.507 e. The van der Waals surface area contributed by atoms with Crippen LogP contribution in [0.15, 0.2) is 54.3 Å². The van der Waals surface area contributed by atoms with Crippen LogP contribution in [0.4, 0.5) is 13.2 Å². The van der Waals surface area contributed by atoms with Crippen molar-refractivity contribution in [3.63, 3.8) is 0 Å². The molecule has 3 rings (SSSR count). The van der Waals surface area contributed by atoms with Crippen molar-refractivity contribution in [2.45, 2.75) is 38.7 Å². The Morgan fingerprint density at radius 1 is 1.17 bits per heavy atom. The van der Waals surface area contributed by atoms with Crippen molar-refractivity contribution in [1.82, 2.24) is 4.98 Å². The highest BCUT2D eigenvalue weighted by Gasteiger charge is 2.34. The first-order valence-electron chi connectivity index (χ1n) is 9.26. The molecule has 3 atom stereocenters. The molecule has 0 aliphatic heterocycles. The quantitative estimate of drug-likeness (QED) is 0.602. The molecule has 0 saturated heterocycles. The molecule has 1 aliphatic rings. The van der Waals surface area contributed by atoms with Crippen molar-refractivity contribution in [1.29, 1.82) is 0 Å². The maximum Gasteiger partial charge on any atom is 0.574 e. The highest BCUT2D eigenvalue weighted by molar-refractivity contribution is 5.69. The molecular weight excluding hydrogens is 399 g/mol. The third-order valence-corrected chi connectivity index (χ3v) is 5.27. The second-order valence-electron chi connectivity index (χ2n) is 7.50. The summed E-state index contributed by atoms with van der Waals surface area (Å²) in [7, 11) is 0. The molecule has 0 radical (unpaired) electrons. The molecule has 1 aliphatic carbocycles. The van der Waals surface area contributed by atoms with Crippen LogP contribution in [0.1, 0.15) is 31.7 Å². The van der Waals surface area contributed by atoms with Crippen molar-refractivity contribution in [3.05, 3.63) is 59.8 Å². The Balaban J connectivity index is 1.97. The van der Waals surface area contributed by atoms with Gasteiger partial charge >= 0.3 is 6.36 Å². The van der Waals surface area contributed by atoms with E-state index < -0.39 is 18.3 Å². The molecular formula is C22H22F3NO4. The van der Waals surface area contributed by atoms with E-state index in [9.17, 15) is 28.5 Å². The fourth-order valence-electron chi connectivity index (χ4n) is 3.74. The average Bonchev–Trinajstić information content (AvgIpc) is 2.62. The zero-order chi connectivity index (χ0) is 22.2. The molecule has 0 saturated carbocycles. The average molecular weight is 421 g/mol. The first-order chi connectivity index (χ1) is 14.0. The summed E-state index contributed by atoms with van der Waals surface area (Å²) in [5, 5.41) is 31.5. The normalized spacial score (nSPS) is 21.8. The number of rotatable bonds is 4. The van der Waals surface area contributed by atoms with Gasteiger partial charge in [0.1, 0.15) is 11.5 Å². The number of aliphatic hydroxyl groups is 1. The van der Waals surface area contributed by atoms with Gasteiger partial charge in [0.25, 0.3) is 0 Å². The van der Waals surface area contributed by atoms with E-state index in [2.05, 4.69) is 16.3 Å². The first-order valence-corrected chi connectivity index (χ1v) is 9.26. The third kappa shape index (κ3) is 4.59. The van der Waals surface area contributed by atoms with Crippen LogP contribution in [0, 0.1) is 5.92 Å². The van der Waals surface area contributed by atoms with Gasteiger partial charge in [-0.25, -0.2) is 4.98 Å². The van der Waals surface area contributed by atoms with Gasteiger partial charge in [0.15, 0.2) is 0 Å². The molecule has 1 aromatic heterocycles. The Labute approximate surface area is 171 Å². The second kappa shape index (κ2) is 8.02. The van der Waals surface area contributed by atoms with Crippen molar-refractivity contribution >= 4 is 0 Å². The number of allylic oxidation sites excluding steroid dienone is 2.